The molecule has 1 aromatic carbocycles. The molecule has 24 heavy (non-hydrogen) atoms. The SMILES string of the molecule is CC(C)(COC(=O)c1ccccc1)NCCCn1ccnc1.Cl.Cl. The number of halogens is 2. The average Bonchev–Trinajstić information content (AvgIpc) is 3.04. The molecule has 0 atom stereocenters. The van der Waals surface area contributed by atoms with Crippen LogP contribution in [0.2, 0.25) is 0 Å². The van der Waals surface area contributed by atoms with Crippen LogP contribution in [0, 0.1) is 0 Å². The molecule has 0 spiro atoms. The summed E-state index contributed by atoms with van der Waals surface area (Å²) in [7, 11) is 0. The third-order valence-corrected chi connectivity index (χ3v) is 3.33. The van der Waals surface area contributed by atoms with E-state index >= 15 is 0 Å². The maximum Gasteiger partial charge on any atom is 0.338 e. The van der Waals surface area contributed by atoms with Crippen molar-refractivity contribution in [2.24, 2.45) is 0 Å². The van der Waals surface area contributed by atoms with Crippen LogP contribution in [0.15, 0.2) is 49.1 Å². The Kier molecular flexibility index (Phi) is 10.4. The van der Waals surface area contributed by atoms with Gasteiger partial charge in [-0.25, -0.2) is 9.78 Å². The molecule has 5 nitrogen and oxygen atoms in total. The second-order valence-corrected chi connectivity index (χ2v) is 5.91. The number of rotatable bonds is 8. The lowest BCUT2D eigenvalue weighted by molar-refractivity contribution is 0.0400. The smallest absolute Gasteiger partial charge is 0.338 e. The van der Waals surface area contributed by atoms with E-state index in [1.807, 2.05) is 49.1 Å². The standard InChI is InChI=1S/C17H23N3O2.2ClH/c1-17(2,19-9-6-11-20-12-10-18-14-20)13-22-16(21)15-7-4-3-5-8-15;;/h3-5,7-8,10,12,14,19H,6,9,11,13H2,1-2H3;2*1H. The van der Waals surface area contributed by atoms with Gasteiger partial charge in [-0.05, 0) is 38.9 Å². The van der Waals surface area contributed by atoms with Crippen LogP contribution >= 0.6 is 24.8 Å². The monoisotopic (exact) mass is 373 g/mol. The zero-order chi connectivity index (χ0) is 15.8. The molecule has 0 aliphatic heterocycles. The van der Waals surface area contributed by atoms with Crippen LogP contribution in [-0.4, -0.2) is 34.2 Å². The van der Waals surface area contributed by atoms with Gasteiger partial charge in [0.05, 0.1) is 11.9 Å². The molecule has 0 saturated heterocycles. The van der Waals surface area contributed by atoms with Crippen molar-refractivity contribution in [2.45, 2.75) is 32.4 Å². The Hall–Kier alpha value is -1.56. The number of hydrogen-bond acceptors (Lipinski definition) is 4. The second-order valence-electron chi connectivity index (χ2n) is 5.91. The quantitative estimate of drug-likeness (QED) is 0.569. The normalized spacial score (nSPS) is 10.4. The van der Waals surface area contributed by atoms with Crippen molar-refractivity contribution in [3.63, 3.8) is 0 Å². The van der Waals surface area contributed by atoms with Gasteiger partial charge in [0.25, 0.3) is 0 Å². The first-order chi connectivity index (χ1) is 10.6. The molecule has 7 heteroatoms. The van der Waals surface area contributed by atoms with Crippen LogP contribution in [0.4, 0.5) is 0 Å². The number of aromatic nitrogens is 2. The summed E-state index contributed by atoms with van der Waals surface area (Å²) in [6, 6.07) is 9.05. The lowest BCUT2D eigenvalue weighted by Crippen LogP contribution is -2.44. The number of carbonyl (C=O) groups is 1. The highest BCUT2D eigenvalue weighted by atomic mass is 35.5. The van der Waals surface area contributed by atoms with E-state index in [-0.39, 0.29) is 36.3 Å². The number of benzene rings is 1. The summed E-state index contributed by atoms with van der Waals surface area (Å²) in [5.41, 5.74) is 0.331. The zero-order valence-electron chi connectivity index (χ0n) is 14.0. The first-order valence-electron chi connectivity index (χ1n) is 7.50. The summed E-state index contributed by atoms with van der Waals surface area (Å²) in [4.78, 5) is 15.9. The first-order valence-corrected chi connectivity index (χ1v) is 7.50. The number of carbonyl (C=O) groups excluding carboxylic acids is 1. The van der Waals surface area contributed by atoms with Gasteiger partial charge < -0.3 is 14.6 Å². The predicted octanol–water partition coefficient (Wildman–Crippen LogP) is 3.34. The fraction of sp³-hybridized carbons (Fsp3) is 0.412. The predicted molar refractivity (Wildman–Crippen MR) is 100 cm³/mol. The molecule has 2 rings (SSSR count). The molecule has 134 valence electrons. The van der Waals surface area contributed by atoms with Gasteiger partial charge in [-0.2, -0.15) is 0 Å². The molecule has 0 amide bonds. The van der Waals surface area contributed by atoms with Crippen LogP contribution < -0.4 is 5.32 Å². The molecule has 1 heterocycles. The third kappa shape index (κ3) is 7.81. The number of aryl methyl sites for hydroxylation is 1. The topological polar surface area (TPSA) is 56.1 Å². The van der Waals surface area contributed by atoms with E-state index in [0.29, 0.717) is 12.2 Å². The average molecular weight is 374 g/mol. The fourth-order valence-electron chi connectivity index (χ4n) is 2.06. The lowest BCUT2D eigenvalue weighted by atomic mass is 10.1. The molecule has 0 fully saturated rings. The number of nitrogens with one attached hydrogen (secondary N) is 1. The summed E-state index contributed by atoms with van der Waals surface area (Å²) in [5, 5.41) is 3.42. The van der Waals surface area contributed by atoms with Crippen molar-refractivity contribution in [1.82, 2.24) is 14.9 Å². The summed E-state index contributed by atoms with van der Waals surface area (Å²) >= 11 is 0. The maximum absolute atomic E-state index is 11.9. The van der Waals surface area contributed by atoms with Gasteiger partial charge in [-0.15, -0.1) is 24.8 Å². The van der Waals surface area contributed by atoms with Crippen LogP contribution in [0.5, 0.6) is 0 Å². The third-order valence-electron chi connectivity index (χ3n) is 3.33. The zero-order valence-corrected chi connectivity index (χ0v) is 15.6. The summed E-state index contributed by atoms with van der Waals surface area (Å²) in [6.45, 7) is 6.18. The van der Waals surface area contributed by atoms with Gasteiger partial charge in [0.2, 0.25) is 0 Å². The number of esters is 1. The van der Waals surface area contributed by atoms with Crippen molar-refractivity contribution >= 4 is 30.8 Å². The molecule has 1 aromatic heterocycles. The Labute approximate surface area is 155 Å². The summed E-state index contributed by atoms with van der Waals surface area (Å²) in [6.07, 6.45) is 6.53. The Balaban J connectivity index is 0.00000264. The van der Waals surface area contributed by atoms with Gasteiger partial charge in [-0.1, -0.05) is 18.2 Å². The lowest BCUT2D eigenvalue weighted by Gasteiger charge is -2.26. The highest BCUT2D eigenvalue weighted by Gasteiger charge is 2.19. The molecule has 2 aromatic rings. The molecule has 0 radical (unpaired) electrons. The fourth-order valence-corrected chi connectivity index (χ4v) is 2.06. The van der Waals surface area contributed by atoms with Crippen LogP contribution in [-0.2, 0) is 11.3 Å². The van der Waals surface area contributed by atoms with Crippen molar-refractivity contribution in [3.05, 3.63) is 54.6 Å². The van der Waals surface area contributed by atoms with Crippen molar-refractivity contribution < 1.29 is 9.53 Å². The van der Waals surface area contributed by atoms with E-state index in [1.54, 1.807) is 18.3 Å². The number of ether oxygens (including phenoxy) is 1. The Morgan fingerprint density at radius 2 is 1.96 bits per heavy atom. The van der Waals surface area contributed by atoms with E-state index < -0.39 is 0 Å². The minimum absolute atomic E-state index is 0. The summed E-state index contributed by atoms with van der Waals surface area (Å²) < 4.78 is 7.42. The van der Waals surface area contributed by atoms with Crippen molar-refractivity contribution in [1.29, 1.82) is 0 Å². The molecular weight excluding hydrogens is 349 g/mol. The van der Waals surface area contributed by atoms with Gasteiger partial charge in [0.15, 0.2) is 0 Å². The van der Waals surface area contributed by atoms with Crippen LogP contribution in [0.3, 0.4) is 0 Å². The second kappa shape index (κ2) is 11.1. The molecule has 0 aliphatic carbocycles. The molecule has 0 bridgehead atoms. The Morgan fingerprint density at radius 1 is 1.25 bits per heavy atom. The van der Waals surface area contributed by atoms with Crippen LogP contribution in [0.25, 0.3) is 0 Å². The summed E-state index contributed by atoms with van der Waals surface area (Å²) in [5.74, 6) is -0.283. The molecule has 0 aliphatic rings. The van der Waals surface area contributed by atoms with Gasteiger partial charge >= 0.3 is 5.97 Å². The van der Waals surface area contributed by atoms with Crippen LogP contribution in [0.1, 0.15) is 30.6 Å². The molecule has 0 saturated carbocycles. The first kappa shape index (κ1) is 22.4. The van der Waals surface area contributed by atoms with E-state index in [9.17, 15) is 4.79 Å². The van der Waals surface area contributed by atoms with Gasteiger partial charge in [-0.3, -0.25) is 0 Å². The maximum atomic E-state index is 11.9. The highest BCUT2D eigenvalue weighted by molar-refractivity contribution is 5.89. The van der Waals surface area contributed by atoms with E-state index in [2.05, 4.69) is 10.3 Å². The largest absolute Gasteiger partial charge is 0.460 e. The van der Waals surface area contributed by atoms with Crippen molar-refractivity contribution in [3.8, 4) is 0 Å². The Morgan fingerprint density at radius 3 is 2.58 bits per heavy atom. The minimum atomic E-state index is -0.283. The van der Waals surface area contributed by atoms with Crippen molar-refractivity contribution in [2.75, 3.05) is 13.2 Å². The highest BCUT2D eigenvalue weighted by Crippen LogP contribution is 2.07. The molecule has 0 unspecified atom stereocenters. The molecular formula is C17H25Cl2N3O2. The number of imidazole rings is 1. The Bertz CT molecular complexity index is 575. The molecule has 1 N–H and O–H groups in total. The minimum Gasteiger partial charge on any atom is -0.460 e. The van der Waals surface area contributed by atoms with E-state index in [1.165, 1.54) is 0 Å². The van der Waals surface area contributed by atoms with E-state index in [0.717, 1.165) is 19.5 Å². The van der Waals surface area contributed by atoms with E-state index in [4.69, 9.17) is 4.74 Å². The number of nitrogens with zero attached hydrogens (tertiary/aromatic N) is 2. The van der Waals surface area contributed by atoms with Gasteiger partial charge in [0.1, 0.15) is 6.61 Å². The number of hydrogen-bond donors (Lipinski definition) is 1. The van der Waals surface area contributed by atoms with Gasteiger partial charge in [0, 0.05) is 24.5 Å².